The molecule has 1 saturated carbocycles. The van der Waals surface area contributed by atoms with Crippen LogP contribution in [0.4, 0.5) is 0 Å². The van der Waals surface area contributed by atoms with Crippen molar-refractivity contribution in [3.05, 3.63) is 23.2 Å². The molecule has 2 nitrogen and oxygen atoms in total. The Bertz CT molecular complexity index is 363. The van der Waals surface area contributed by atoms with Gasteiger partial charge in [0.15, 0.2) is 0 Å². The maximum atomic E-state index is 5.88. The summed E-state index contributed by atoms with van der Waals surface area (Å²) in [4.78, 5) is 0. The van der Waals surface area contributed by atoms with Gasteiger partial charge < -0.3 is 9.73 Å². The Morgan fingerprint density at radius 1 is 1.33 bits per heavy atom. The Labute approximate surface area is 91.0 Å². The molecule has 2 aliphatic carbocycles. The van der Waals surface area contributed by atoms with Gasteiger partial charge in [0.25, 0.3) is 0 Å². The average Bonchev–Trinajstić information content (AvgIpc) is 2.76. The number of nitrogens with one attached hydrogen (secondary N) is 1. The van der Waals surface area contributed by atoms with E-state index in [9.17, 15) is 0 Å². The van der Waals surface area contributed by atoms with Crippen LogP contribution in [-0.2, 0) is 6.42 Å². The lowest BCUT2D eigenvalue weighted by molar-refractivity contribution is 0.447. The van der Waals surface area contributed by atoms with E-state index in [4.69, 9.17) is 4.42 Å². The van der Waals surface area contributed by atoms with Gasteiger partial charge in [-0.15, -0.1) is 0 Å². The van der Waals surface area contributed by atoms with Crippen LogP contribution in [0.1, 0.15) is 62.2 Å². The van der Waals surface area contributed by atoms with Gasteiger partial charge in [-0.05, 0) is 25.3 Å². The Kier molecular flexibility index (Phi) is 2.13. The Morgan fingerprint density at radius 2 is 2.13 bits per heavy atom. The van der Waals surface area contributed by atoms with Gasteiger partial charge in [0.2, 0.25) is 0 Å². The topological polar surface area (TPSA) is 25.2 Å². The predicted molar refractivity (Wildman–Crippen MR) is 60.0 cm³/mol. The van der Waals surface area contributed by atoms with Gasteiger partial charge in [0, 0.05) is 30.0 Å². The highest BCUT2D eigenvalue weighted by atomic mass is 16.3. The largest absolute Gasteiger partial charge is 0.465 e. The number of rotatable bonds is 3. The van der Waals surface area contributed by atoms with Crippen molar-refractivity contribution in [3.8, 4) is 0 Å². The van der Waals surface area contributed by atoms with Crippen LogP contribution in [0.3, 0.4) is 0 Å². The fourth-order valence-electron chi connectivity index (χ4n) is 2.38. The highest BCUT2D eigenvalue weighted by Gasteiger charge is 2.32. The molecule has 0 radical (unpaired) electrons. The molecular weight excluding hydrogens is 186 g/mol. The Morgan fingerprint density at radius 3 is 2.80 bits per heavy atom. The van der Waals surface area contributed by atoms with Crippen molar-refractivity contribution >= 4 is 0 Å². The summed E-state index contributed by atoms with van der Waals surface area (Å²) in [7, 11) is 0. The molecule has 0 spiro atoms. The molecule has 1 heterocycles. The number of hydrogen-bond acceptors (Lipinski definition) is 2. The van der Waals surface area contributed by atoms with E-state index in [0.29, 0.717) is 12.0 Å². The average molecular weight is 205 g/mol. The first-order chi connectivity index (χ1) is 7.24. The number of fused-ring (bicyclic) bond motifs is 1. The van der Waals surface area contributed by atoms with E-state index < -0.39 is 0 Å². The van der Waals surface area contributed by atoms with Crippen LogP contribution in [0, 0.1) is 0 Å². The van der Waals surface area contributed by atoms with Gasteiger partial charge >= 0.3 is 0 Å². The first-order valence-electron chi connectivity index (χ1n) is 6.12. The van der Waals surface area contributed by atoms with Crippen LogP contribution >= 0.6 is 0 Å². The summed E-state index contributed by atoms with van der Waals surface area (Å²) in [6.45, 7) is 4.38. The Hall–Kier alpha value is -0.760. The molecule has 3 rings (SSSR count). The zero-order valence-corrected chi connectivity index (χ0v) is 9.55. The second-order valence-electron chi connectivity index (χ2n) is 5.21. The fraction of sp³-hybridized carbons (Fsp3) is 0.692. The maximum Gasteiger partial charge on any atom is 0.109 e. The molecular formula is C13H19NO. The summed E-state index contributed by atoms with van der Waals surface area (Å²) in [5.74, 6) is 2.90. The molecule has 1 fully saturated rings. The molecule has 2 aliphatic rings. The number of aryl methyl sites for hydroxylation is 1. The lowest BCUT2D eigenvalue weighted by Gasteiger charge is -2.10. The summed E-state index contributed by atoms with van der Waals surface area (Å²) >= 11 is 0. The second kappa shape index (κ2) is 3.38. The lowest BCUT2D eigenvalue weighted by atomic mass is 10.1. The molecule has 0 bridgehead atoms. The normalized spacial score (nSPS) is 24.9. The molecule has 15 heavy (non-hydrogen) atoms. The fourth-order valence-corrected chi connectivity index (χ4v) is 2.38. The van der Waals surface area contributed by atoms with E-state index in [1.807, 2.05) is 0 Å². The van der Waals surface area contributed by atoms with E-state index in [0.717, 1.165) is 18.2 Å². The molecule has 0 aliphatic heterocycles. The van der Waals surface area contributed by atoms with Crippen molar-refractivity contribution in [2.45, 2.75) is 57.5 Å². The minimum Gasteiger partial charge on any atom is -0.465 e. The minimum atomic E-state index is 0.511. The smallest absolute Gasteiger partial charge is 0.109 e. The molecule has 1 unspecified atom stereocenters. The first-order valence-corrected chi connectivity index (χ1v) is 6.12. The van der Waals surface area contributed by atoms with Crippen molar-refractivity contribution < 1.29 is 4.42 Å². The molecule has 1 aromatic rings. The third-order valence-electron chi connectivity index (χ3n) is 3.48. The van der Waals surface area contributed by atoms with Crippen LogP contribution in [0.2, 0.25) is 0 Å². The van der Waals surface area contributed by atoms with Gasteiger partial charge in [-0.2, -0.15) is 0 Å². The van der Waals surface area contributed by atoms with E-state index in [2.05, 4.69) is 25.2 Å². The van der Waals surface area contributed by atoms with Crippen molar-refractivity contribution in [2.75, 3.05) is 0 Å². The summed E-state index contributed by atoms with van der Waals surface area (Å²) < 4.78 is 5.88. The van der Waals surface area contributed by atoms with Gasteiger partial charge in [0.05, 0.1) is 0 Å². The zero-order chi connectivity index (χ0) is 10.4. The standard InChI is InChI=1S/C13H19NO/c1-8(2)13-7-10-11(14-9-3-4-9)5-6-12(10)15-13/h7-9,11,14H,3-6H2,1-2H3. The van der Waals surface area contributed by atoms with E-state index in [1.54, 1.807) is 0 Å². The highest BCUT2D eigenvalue weighted by Crippen LogP contribution is 2.37. The monoisotopic (exact) mass is 205 g/mol. The van der Waals surface area contributed by atoms with Crippen molar-refractivity contribution in [2.24, 2.45) is 0 Å². The second-order valence-corrected chi connectivity index (χ2v) is 5.21. The molecule has 1 aromatic heterocycles. The quantitative estimate of drug-likeness (QED) is 0.820. The van der Waals surface area contributed by atoms with Gasteiger partial charge in [-0.3, -0.25) is 0 Å². The van der Waals surface area contributed by atoms with Crippen LogP contribution in [0.15, 0.2) is 10.5 Å². The van der Waals surface area contributed by atoms with Crippen molar-refractivity contribution in [1.82, 2.24) is 5.32 Å². The predicted octanol–water partition coefficient (Wildman–Crippen LogP) is 3.14. The number of furan rings is 1. The lowest BCUT2D eigenvalue weighted by Crippen LogP contribution is -2.20. The zero-order valence-electron chi connectivity index (χ0n) is 9.55. The summed E-state index contributed by atoms with van der Waals surface area (Å²) in [6.07, 6.45) is 5.07. The number of hydrogen-bond donors (Lipinski definition) is 1. The van der Waals surface area contributed by atoms with Gasteiger partial charge in [-0.25, -0.2) is 0 Å². The van der Waals surface area contributed by atoms with E-state index in [1.165, 1.54) is 30.6 Å². The molecule has 0 amide bonds. The summed E-state index contributed by atoms with van der Waals surface area (Å²) in [5, 5.41) is 3.70. The molecule has 0 aromatic carbocycles. The van der Waals surface area contributed by atoms with Crippen molar-refractivity contribution in [3.63, 3.8) is 0 Å². The van der Waals surface area contributed by atoms with Crippen LogP contribution < -0.4 is 5.32 Å². The molecule has 0 saturated heterocycles. The van der Waals surface area contributed by atoms with Crippen LogP contribution in [0.25, 0.3) is 0 Å². The van der Waals surface area contributed by atoms with Crippen LogP contribution in [0.5, 0.6) is 0 Å². The summed E-state index contributed by atoms with van der Waals surface area (Å²) in [6, 6.07) is 3.63. The van der Waals surface area contributed by atoms with E-state index in [-0.39, 0.29) is 0 Å². The maximum absolute atomic E-state index is 5.88. The molecule has 2 heteroatoms. The molecule has 82 valence electrons. The van der Waals surface area contributed by atoms with Crippen molar-refractivity contribution in [1.29, 1.82) is 0 Å². The van der Waals surface area contributed by atoms with E-state index >= 15 is 0 Å². The van der Waals surface area contributed by atoms with Gasteiger partial charge in [0.1, 0.15) is 11.5 Å². The highest BCUT2D eigenvalue weighted by molar-refractivity contribution is 5.31. The Balaban J connectivity index is 1.81. The molecule has 1 N–H and O–H groups in total. The minimum absolute atomic E-state index is 0.511. The van der Waals surface area contributed by atoms with Crippen LogP contribution in [-0.4, -0.2) is 6.04 Å². The third-order valence-corrected chi connectivity index (χ3v) is 3.48. The molecule has 1 atom stereocenters. The SMILES string of the molecule is CC(C)c1cc2c(o1)CCC2NC1CC1. The van der Waals surface area contributed by atoms with Gasteiger partial charge in [-0.1, -0.05) is 13.8 Å². The summed E-state index contributed by atoms with van der Waals surface area (Å²) in [5.41, 5.74) is 1.44. The third kappa shape index (κ3) is 1.71. The first kappa shape index (κ1) is 9.46.